The lowest BCUT2D eigenvalue weighted by Crippen LogP contribution is -2.53. The Labute approximate surface area is 293 Å². The molecule has 3 N–H and O–H groups in total. The van der Waals surface area contributed by atoms with Crippen molar-refractivity contribution in [3.8, 4) is 17.2 Å². The summed E-state index contributed by atoms with van der Waals surface area (Å²) in [5.41, 5.74) is 2.79. The summed E-state index contributed by atoms with van der Waals surface area (Å²) in [6.07, 6.45) is 1.90. The first-order valence-electron chi connectivity index (χ1n) is 15.0. The molecular weight excluding hydrogens is 729 g/mol. The normalized spacial score (nSPS) is 27.8. The van der Waals surface area contributed by atoms with E-state index in [1.54, 1.807) is 54.6 Å². The molecule has 11 nitrogen and oxygen atoms in total. The Balaban J connectivity index is 1.51. The van der Waals surface area contributed by atoms with Crippen LogP contribution in [0.15, 0.2) is 70.7 Å². The van der Waals surface area contributed by atoms with Crippen LogP contribution in [-0.4, -0.2) is 58.2 Å². The third kappa shape index (κ3) is 4.57. The minimum absolute atomic E-state index is 0.00854. The number of carbonyl (C=O) groups excluding carboxylic acids is 4. The van der Waals surface area contributed by atoms with E-state index in [2.05, 4.69) is 21.4 Å². The van der Waals surface area contributed by atoms with Gasteiger partial charge in [0.1, 0.15) is 5.75 Å². The fourth-order valence-corrected chi connectivity index (χ4v) is 9.05. The van der Waals surface area contributed by atoms with Crippen LogP contribution in [-0.2, 0) is 24.6 Å². The average Bonchev–Trinajstić information content (AvgIpc) is 3.43. The smallest absolute Gasteiger partial charge is 0.260 e. The highest BCUT2D eigenvalue weighted by molar-refractivity contribution is 9.10. The van der Waals surface area contributed by atoms with Crippen molar-refractivity contribution >= 4 is 68.4 Å². The van der Waals surface area contributed by atoms with Crippen LogP contribution >= 0.6 is 39.1 Å². The monoisotopic (exact) mass is 755 g/mol. The van der Waals surface area contributed by atoms with Crippen LogP contribution in [0.3, 0.4) is 0 Å². The van der Waals surface area contributed by atoms with Gasteiger partial charge in [-0.3, -0.25) is 29.8 Å². The van der Waals surface area contributed by atoms with Gasteiger partial charge < -0.3 is 14.6 Å². The van der Waals surface area contributed by atoms with Crippen LogP contribution in [0.1, 0.15) is 29.9 Å². The Bertz CT molecular complexity index is 1940. The number of amides is 4. The maximum Gasteiger partial charge on any atom is 0.260 e. The Morgan fingerprint density at radius 2 is 1.67 bits per heavy atom. The SMILES string of the molecule is COc1ccc([C@@]23C(=O)N(Nc4ccc(Cl)cc4Cl)C(=O)[C@@H]2C[C@@H]2C(=CC[C@@H]4C(=O)N(O)C(=O)[C@@H]42)[C@@H]3c2cc(Br)cc(OC)c2O)cc1. The summed E-state index contributed by atoms with van der Waals surface area (Å²) in [7, 11) is 2.90. The zero-order chi connectivity index (χ0) is 34.2. The highest BCUT2D eigenvalue weighted by Gasteiger charge is 2.70. The third-order valence-corrected chi connectivity index (χ3v) is 11.2. The number of phenolic OH excluding ortho intramolecular Hbond substituents is 1. The molecule has 248 valence electrons. The Morgan fingerprint density at radius 3 is 2.33 bits per heavy atom. The van der Waals surface area contributed by atoms with Gasteiger partial charge in [-0.15, -0.1) is 0 Å². The van der Waals surface area contributed by atoms with Gasteiger partial charge in [0.25, 0.3) is 23.6 Å². The Kier molecular flexibility index (Phi) is 7.97. The summed E-state index contributed by atoms with van der Waals surface area (Å²) in [6.45, 7) is 0. The number of imide groups is 2. The number of halogens is 3. The van der Waals surface area contributed by atoms with Crippen molar-refractivity contribution in [1.82, 2.24) is 10.1 Å². The number of allylic oxidation sites excluding steroid dienone is 2. The molecule has 0 unspecified atom stereocenters. The van der Waals surface area contributed by atoms with Crippen LogP contribution in [0, 0.1) is 23.7 Å². The molecule has 2 heterocycles. The summed E-state index contributed by atoms with van der Waals surface area (Å²) < 4.78 is 11.4. The highest BCUT2D eigenvalue weighted by atomic mass is 79.9. The van der Waals surface area contributed by atoms with E-state index >= 15 is 4.79 Å². The molecule has 4 amide bonds. The van der Waals surface area contributed by atoms with Crippen molar-refractivity contribution < 1.29 is 39.0 Å². The molecule has 4 aliphatic rings. The Hall–Kier alpha value is -4.10. The molecule has 48 heavy (non-hydrogen) atoms. The number of ether oxygens (including phenoxy) is 2. The van der Waals surface area contributed by atoms with Crippen LogP contribution < -0.4 is 14.9 Å². The van der Waals surface area contributed by atoms with E-state index in [0.717, 1.165) is 5.01 Å². The van der Waals surface area contributed by atoms with Crippen LogP contribution in [0.4, 0.5) is 5.69 Å². The van der Waals surface area contributed by atoms with Crippen molar-refractivity contribution in [3.63, 3.8) is 0 Å². The first-order valence-corrected chi connectivity index (χ1v) is 16.6. The van der Waals surface area contributed by atoms with E-state index in [-0.39, 0.29) is 45.7 Å². The van der Waals surface area contributed by atoms with Crippen molar-refractivity contribution in [2.75, 3.05) is 19.6 Å². The Morgan fingerprint density at radius 1 is 0.938 bits per heavy atom. The van der Waals surface area contributed by atoms with Gasteiger partial charge in [0.05, 0.1) is 48.1 Å². The fraction of sp³-hybridized carbons (Fsp3) is 0.294. The topological polar surface area (TPSA) is 146 Å². The van der Waals surface area contributed by atoms with E-state index < -0.39 is 58.6 Å². The summed E-state index contributed by atoms with van der Waals surface area (Å²) in [6, 6.07) is 14.6. The van der Waals surface area contributed by atoms with Gasteiger partial charge >= 0.3 is 0 Å². The van der Waals surface area contributed by atoms with E-state index in [9.17, 15) is 24.7 Å². The second kappa shape index (κ2) is 11.8. The maximum atomic E-state index is 15.2. The van der Waals surface area contributed by atoms with Gasteiger partial charge in [0, 0.05) is 21.0 Å². The number of fused-ring (bicyclic) bond motifs is 4. The molecule has 1 saturated carbocycles. The number of hydrogen-bond donors (Lipinski definition) is 3. The molecule has 2 saturated heterocycles. The van der Waals surface area contributed by atoms with E-state index in [0.29, 0.717) is 26.4 Å². The molecular formula is C34H28BrCl2N3O8. The lowest BCUT2D eigenvalue weighted by molar-refractivity contribution is -0.173. The zero-order valence-corrected chi connectivity index (χ0v) is 28.5. The average molecular weight is 757 g/mol. The maximum absolute atomic E-state index is 15.2. The molecule has 6 atom stereocenters. The second-order valence-electron chi connectivity index (χ2n) is 12.2. The molecule has 7 rings (SSSR count). The number of hydrogen-bond acceptors (Lipinski definition) is 9. The number of methoxy groups -OCH3 is 2. The lowest BCUT2D eigenvalue weighted by Gasteiger charge is -2.50. The van der Waals surface area contributed by atoms with Crippen LogP contribution in [0.5, 0.6) is 17.2 Å². The van der Waals surface area contributed by atoms with Crippen molar-refractivity contribution in [2.45, 2.75) is 24.2 Å². The molecule has 3 fully saturated rings. The number of carbonyl (C=O) groups is 4. The molecule has 2 aliphatic heterocycles. The molecule has 0 bridgehead atoms. The van der Waals surface area contributed by atoms with Crippen molar-refractivity contribution in [2.24, 2.45) is 23.7 Å². The molecule has 14 heteroatoms. The van der Waals surface area contributed by atoms with Crippen LogP contribution in [0.25, 0.3) is 0 Å². The molecule has 3 aromatic carbocycles. The first-order chi connectivity index (χ1) is 22.9. The molecule has 0 aromatic heterocycles. The lowest BCUT2D eigenvalue weighted by atomic mass is 9.49. The molecule has 0 spiro atoms. The number of nitrogens with zero attached hydrogens (tertiary/aromatic N) is 2. The fourth-order valence-electron chi connectivity index (χ4n) is 8.14. The predicted molar refractivity (Wildman–Crippen MR) is 177 cm³/mol. The number of rotatable bonds is 6. The largest absolute Gasteiger partial charge is 0.504 e. The number of anilines is 1. The molecule has 2 aliphatic carbocycles. The van der Waals surface area contributed by atoms with Crippen LogP contribution in [0.2, 0.25) is 10.0 Å². The number of aromatic hydroxyl groups is 1. The summed E-state index contributed by atoms with van der Waals surface area (Å²) in [4.78, 5) is 56.3. The minimum atomic E-state index is -1.68. The summed E-state index contributed by atoms with van der Waals surface area (Å²) in [5.74, 6) is -7.06. The van der Waals surface area contributed by atoms with Gasteiger partial charge in [0.15, 0.2) is 11.5 Å². The van der Waals surface area contributed by atoms with E-state index in [1.807, 2.05) is 0 Å². The number of hydroxylamine groups is 2. The van der Waals surface area contributed by atoms with E-state index in [1.165, 1.54) is 20.3 Å². The van der Waals surface area contributed by atoms with Gasteiger partial charge in [0.2, 0.25) is 0 Å². The number of nitrogens with one attached hydrogen (secondary N) is 1. The highest BCUT2D eigenvalue weighted by Crippen LogP contribution is 2.65. The molecule has 0 radical (unpaired) electrons. The molecule has 3 aromatic rings. The summed E-state index contributed by atoms with van der Waals surface area (Å²) >= 11 is 16.1. The zero-order valence-electron chi connectivity index (χ0n) is 25.4. The first kappa shape index (κ1) is 32.4. The minimum Gasteiger partial charge on any atom is -0.504 e. The van der Waals surface area contributed by atoms with Gasteiger partial charge in [-0.25, -0.2) is 0 Å². The van der Waals surface area contributed by atoms with Crippen molar-refractivity contribution in [3.05, 3.63) is 91.9 Å². The van der Waals surface area contributed by atoms with Crippen molar-refractivity contribution in [1.29, 1.82) is 0 Å². The standard InChI is InChI=1S/C34H28BrCl2N3O8/c1-47-18-6-3-15(4-7-18)34-23(31(43)39(33(34)45)38-25-10-5-17(36)13-24(25)37)14-21-19(8-9-20-27(21)32(44)40(46)30(20)42)28(34)22-11-16(35)12-26(48-2)29(22)41/h3-8,10-13,20-21,23,27-28,38,41,46H,9,14H2,1-2H3/t20-,21+,23-,27-,28+,34+/m0/s1. The quantitative estimate of drug-likeness (QED) is 0.160. The number of benzene rings is 3. The summed E-state index contributed by atoms with van der Waals surface area (Å²) in [5, 5.41) is 23.8. The number of hydrazine groups is 1. The second-order valence-corrected chi connectivity index (χ2v) is 14.0. The van der Waals surface area contributed by atoms with Gasteiger partial charge in [-0.1, -0.05) is 62.9 Å². The van der Waals surface area contributed by atoms with Gasteiger partial charge in [-0.2, -0.15) is 10.1 Å². The number of phenols is 1. The predicted octanol–water partition coefficient (Wildman–Crippen LogP) is 5.85. The van der Waals surface area contributed by atoms with E-state index in [4.69, 9.17) is 32.7 Å². The van der Waals surface area contributed by atoms with Gasteiger partial charge in [-0.05, 0) is 66.8 Å². The third-order valence-electron chi connectivity index (χ3n) is 10.2.